The minimum atomic E-state index is -0.147. The van der Waals surface area contributed by atoms with Crippen molar-refractivity contribution in [3.63, 3.8) is 0 Å². The second kappa shape index (κ2) is 7.05. The zero-order valence-electron chi connectivity index (χ0n) is 15.3. The van der Waals surface area contributed by atoms with Crippen LogP contribution in [0.25, 0.3) is 11.4 Å². The number of aromatic amines is 1. The van der Waals surface area contributed by atoms with E-state index < -0.39 is 0 Å². The lowest BCUT2D eigenvalue weighted by molar-refractivity contribution is -0.116. The van der Waals surface area contributed by atoms with E-state index in [4.69, 9.17) is 4.74 Å². The molecule has 28 heavy (non-hydrogen) atoms. The third-order valence-corrected chi connectivity index (χ3v) is 5.22. The van der Waals surface area contributed by atoms with E-state index in [-0.39, 0.29) is 11.8 Å². The summed E-state index contributed by atoms with van der Waals surface area (Å²) in [6, 6.07) is 9.73. The summed E-state index contributed by atoms with van der Waals surface area (Å²) in [6.45, 7) is 2.93. The highest BCUT2D eigenvalue weighted by atomic mass is 16.5. The van der Waals surface area contributed by atoms with E-state index in [0.717, 1.165) is 41.4 Å². The predicted octanol–water partition coefficient (Wildman–Crippen LogP) is 2.18. The Labute approximate surface area is 162 Å². The zero-order chi connectivity index (χ0) is 18.9. The van der Waals surface area contributed by atoms with E-state index in [2.05, 4.69) is 36.4 Å². The fraction of sp³-hybridized carbons (Fsp3) is 0.300. The number of carbonyl (C=O) groups excluding carboxylic acids is 1. The molecule has 0 aliphatic carbocycles. The van der Waals surface area contributed by atoms with Gasteiger partial charge in [0.1, 0.15) is 5.82 Å². The van der Waals surface area contributed by atoms with Gasteiger partial charge in [0.25, 0.3) is 0 Å². The highest BCUT2D eigenvalue weighted by molar-refractivity contribution is 5.96. The molecule has 1 saturated heterocycles. The van der Waals surface area contributed by atoms with Gasteiger partial charge in [-0.1, -0.05) is 12.1 Å². The summed E-state index contributed by atoms with van der Waals surface area (Å²) in [4.78, 5) is 23.8. The Morgan fingerprint density at radius 2 is 1.93 bits per heavy atom. The fourth-order valence-corrected chi connectivity index (χ4v) is 3.95. The van der Waals surface area contributed by atoms with Crippen molar-refractivity contribution in [3.05, 3.63) is 53.9 Å². The van der Waals surface area contributed by atoms with Gasteiger partial charge >= 0.3 is 0 Å². The van der Waals surface area contributed by atoms with Gasteiger partial charge in [0.15, 0.2) is 5.82 Å². The normalized spacial score (nSPS) is 19.2. The molecule has 0 spiro atoms. The van der Waals surface area contributed by atoms with Crippen LogP contribution in [0.4, 0.5) is 11.6 Å². The van der Waals surface area contributed by atoms with Gasteiger partial charge in [-0.25, -0.2) is 4.98 Å². The van der Waals surface area contributed by atoms with Crippen LogP contribution in [-0.4, -0.2) is 52.4 Å². The molecule has 1 unspecified atom stereocenters. The van der Waals surface area contributed by atoms with Crippen LogP contribution in [0.15, 0.2) is 42.7 Å². The third kappa shape index (κ3) is 2.91. The number of morpholine rings is 1. The van der Waals surface area contributed by atoms with Gasteiger partial charge in [-0.2, -0.15) is 5.10 Å². The lowest BCUT2D eigenvalue weighted by Gasteiger charge is -2.32. The Kier molecular flexibility index (Phi) is 4.25. The van der Waals surface area contributed by atoms with Crippen LogP contribution >= 0.6 is 0 Å². The summed E-state index contributed by atoms with van der Waals surface area (Å²) in [5.74, 6) is 1.28. The van der Waals surface area contributed by atoms with E-state index in [1.807, 2.05) is 24.3 Å². The Bertz CT molecular complexity index is 997. The summed E-state index contributed by atoms with van der Waals surface area (Å²) < 4.78 is 5.49. The number of aromatic nitrogens is 4. The van der Waals surface area contributed by atoms with Crippen molar-refractivity contribution in [1.29, 1.82) is 0 Å². The van der Waals surface area contributed by atoms with Gasteiger partial charge in [-0.3, -0.25) is 14.9 Å². The smallest absolute Gasteiger partial charge is 0.226 e. The van der Waals surface area contributed by atoms with Crippen LogP contribution < -0.4 is 10.2 Å². The van der Waals surface area contributed by atoms with Crippen molar-refractivity contribution < 1.29 is 9.53 Å². The molecule has 8 heteroatoms. The van der Waals surface area contributed by atoms with E-state index in [1.165, 1.54) is 0 Å². The van der Waals surface area contributed by atoms with Crippen LogP contribution in [0.3, 0.4) is 0 Å². The second-order valence-electron chi connectivity index (χ2n) is 6.90. The third-order valence-electron chi connectivity index (χ3n) is 5.22. The van der Waals surface area contributed by atoms with Gasteiger partial charge in [-0.05, 0) is 18.2 Å². The van der Waals surface area contributed by atoms with Crippen molar-refractivity contribution in [1.82, 2.24) is 20.2 Å². The van der Waals surface area contributed by atoms with E-state index in [9.17, 15) is 4.79 Å². The molecule has 2 aliphatic rings. The number of nitrogens with one attached hydrogen (secondary N) is 2. The molecule has 2 aliphatic heterocycles. The predicted molar refractivity (Wildman–Crippen MR) is 104 cm³/mol. The Balaban J connectivity index is 1.63. The van der Waals surface area contributed by atoms with Crippen molar-refractivity contribution in [2.75, 3.05) is 36.5 Å². The number of anilines is 2. The van der Waals surface area contributed by atoms with Gasteiger partial charge in [0.2, 0.25) is 5.91 Å². The van der Waals surface area contributed by atoms with Crippen LogP contribution in [0.1, 0.15) is 23.5 Å². The van der Waals surface area contributed by atoms with Crippen molar-refractivity contribution in [2.24, 2.45) is 0 Å². The molecule has 0 saturated carbocycles. The summed E-state index contributed by atoms with van der Waals surface area (Å²) in [5, 5.41) is 10.3. The fourth-order valence-electron chi connectivity index (χ4n) is 3.95. The average molecular weight is 376 g/mol. The quantitative estimate of drug-likeness (QED) is 0.727. The molecule has 8 nitrogen and oxygen atoms in total. The van der Waals surface area contributed by atoms with Gasteiger partial charge in [0.05, 0.1) is 24.6 Å². The molecule has 2 N–H and O–H groups in total. The Morgan fingerprint density at radius 1 is 1.07 bits per heavy atom. The summed E-state index contributed by atoms with van der Waals surface area (Å²) in [7, 11) is 0. The molecule has 3 aromatic rings. The van der Waals surface area contributed by atoms with Gasteiger partial charge < -0.3 is 15.0 Å². The second-order valence-corrected chi connectivity index (χ2v) is 6.90. The molecule has 0 radical (unpaired) electrons. The molecule has 5 rings (SSSR count). The van der Waals surface area contributed by atoms with Crippen molar-refractivity contribution in [3.8, 4) is 11.4 Å². The standard InChI is InChI=1S/C20H20N6O2/c27-16-12-14(13-4-3-7-22-20(13)26-8-10-28-11-9-26)17-18(24-25-19(17)23-16)15-5-1-2-6-21-15/h1-7,14H,8-12H2,(H2,23,24,25,27). The molecule has 1 atom stereocenters. The van der Waals surface area contributed by atoms with Crippen LogP contribution in [0, 0.1) is 0 Å². The first-order valence-corrected chi connectivity index (χ1v) is 9.38. The van der Waals surface area contributed by atoms with Gasteiger partial charge in [0, 0.05) is 48.9 Å². The Morgan fingerprint density at radius 3 is 2.75 bits per heavy atom. The number of pyridine rings is 2. The molecule has 1 amide bonds. The molecule has 0 bridgehead atoms. The van der Waals surface area contributed by atoms with E-state index in [0.29, 0.717) is 25.5 Å². The SMILES string of the molecule is O=C1CC(c2cccnc2N2CCOCC2)c2c(n[nH]c2-c2ccccn2)N1. The number of H-pyrrole nitrogens is 1. The lowest BCUT2D eigenvalue weighted by atomic mass is 9.85. The molecule has 1 fully saturated rings. The van der Waals surface area contributed by atoms with Crippen molar-refractivity contribution in [2.45, 2.75) is 12.3 Å². The Hall–Kier alpha value is -3.26. The first-order valence-electron chi connectivity index (χ1n) is 9.38. The van der Waals surface area contributed by atoms with Crippen LogP contribution in [-0.2, 0) is 9.53 Å². The first kappa shape index (κ1) is 16.9. The topological polar surface area (TPSA) is 96.0 Å². The number of rotatable bonds is 3. The summed E-state index contributed by atoms with van der Waals surface area (Å²) in [5.41, 5.74) is 3.62. The monoisotopic (exact) mass is 376 g/mol. The van der Waals surface area contributed by atoms with Crippen molar-refractivity contribution >= 4 is 17.5 Å². The molecule has 3 aromatic heterocycles. The van der Waals surface area contributed by atoms with Gasteiger partial charge in [-0.15, -0.1) is 0 Å². The molecular formula is C20H20N6O2. The number of fused-ring (bicyclic) bond motifs is 1. The number of nitrogens with zero attached hydrogens (tertiary/aromatic N) is 4. The summed E-state index contributed by atoms with van der Waals surface area (Å²) >= 11 is 0. The van der Waals surface area contributed by atoms with E-state index >= 15 is 0 Å². The summed E-state index contributed by atoms with van der Waals surface area (Å²) in [6.07, 6.45) is 3.89. The average Bonchev–Trinajstić information content (AvgIpc) is 3.18. The van der Waals surface area contributed by atoms with Crippen LogP contribution in [0.2, 0.25) is 0 Å². The number of hydrogen-bond acceptors (Lipinski definition) is 6. The molecular weight excluding hydrogens is 356 g/mol. The maximum absolute atomic E-state index is 12.4. The minimum absolute atomic E-state index is 0.0478. The first-order chi connectivity index (χ1) is 13.8. The molecule has 0 aromatic carbocycles. The number of hydrogen-bond donors (Lipinski definition) is 2. The number of ether oxygens (including phenoxy) is 1. The van der Waals surface area contributed by atoms with E-state index in [1.54, 1.807) is 12.4 Å². The minimum Gasteiger partial charge on any atom is -0.378 e. The highest BCUT2D eigenvalue weighted by Crippen LogP contribution is 2.43. The zero-order valence-corrected chi connectivity index (χ0v) is 15.3. The highest BCUT2D eigenvalue weighted by Gasteiger charge is 2.34. The number of carbonyl (C=O) groups is 1. The maximum atomic E-state index is 12.4. The van der Waals surface area contributed by atoms with Crippen LogP contribution in [0.5, 0.6) is 0 Å². The largest absolute Gasteiger partial charge is 0.378 e. The number of amides is 1. The molecule has 142 valence electrons. The molecule has 5 heterocycles. The maximum Gasteiger partial charge on any atom is 0.226 e. The lowest BCUT2D eigenvalue weighted by Crippen LogP contribution is -2.38.